The van der Waals surface area contributed by atoms with Crippen molar-refractivity contribution in [1.29, 1.82) is 0 Å². The number of rotatable bonds is 5. The quantitative estimate of drug-likeness (QED) is 0.630. The molecule has 26 heavy (non-hydrogen) atoms. The number of nitrogens with one attached hydrogen (secondary N) is 3. The van der Waals surface area contributed by atoms with Crippen molar-refractivity contribution in [2.45, 2.75) is 13.3 Å². The lowest BCUT2D eigenvalue weighted by molar-refractivity contribution is -0.115. The number of nitrogens with zero attached hydrogens (tertiary/aromatic N) is 1. The Morgan fingerprint density at radius 1 is 0.962 bits per heavy atom. The summed E-state index contributed by atoms with van der Waals surface area (Å²) in [6.45, 7) is 1.97. The average molecular weight is 366 g/mol. The molecule has 0 atom stereocenters. The standard InChI is InChI=1S/C19H18N4O2S/c1-13-6-5-9-15(10-13)20-17(24)11-16-12-26-19(22-16)23-18(25)21-14-7-3-2-4-8-14/h2-10,12H,11H2,1H3,(H,20,24)(H2,21,22,23,25). The molecule has 0 fully saturated rings. The van der Waals surface area contributed by atoms with Gasteiger partial charge in [0.1, 0.15) is 0 Å². The van der Waals surface area contributed by atoms with Gasteiger partial charge in [0, 0.05) is 16.8 Å². The molecule has 0 unspecified atom stereocenters. The van der Waals surface area contributed by atoms with E-state index in [1.165, 1.54) is 11.3 Å². The third kappa shape index (κ3) is 5.15. The predicted molar refractivity (Wildman–Crippen MR) is 105 cm³/mol. The molecule has 0 spiro atoms. The number of thiazole rings is 1. The number of anilines is 3. The van der Waals surface area contributed by atoms with E-state index in [1.54, 1.807) is 17.5 Å². The van der Waals surface area contributed by atoms with E-state index in [0.717, 1.165) is 11.3 Å². The van der Waals surface area contributed by atoms with Crippen LogP contribution in [0.25, 0.3) is 0 Å². The second-order valence-electron chi connectivity index (χ2n) is 5.68. The van der Waals surface area contributed by atoms with Crippen molar-refractivity contribution >= 4 is 39.8 Å². The van der Waals surface area contributed by atoms with E-state index in [2.05, 4.69) is 20.9 Å². The van der Waals surface area contributed by atoms with Gasteiger partial charge in [0.2, 0.25) is 5.91 Å². The van der Waals surface area contributed by atoms with Crippen LogP contribution in [0.2, 0.25) is 0 Å². The topological polar surface area (TPSA) is 83.1 Å². The van der Waals surface area contributed by atoms with E-state index in [0.29, 0.717) is 16.5 Å². The summed E-state index contributed by atoms with van der Waals surface area (Å²) in [5.74, 6) is -0.152. The summed E-state index contributed by atoms with van der Waals surface area (Å²) in [6.07, 6.45) is 0.145. The normalized spacial score (nSPS) is 10.2. The molecule has 2 aromatic carbocycles. The Morgan fingerprint density at radius 2 is 1.73 bits per heavy atom. The van der Waals surface area contributed by atoms with Gasteiger partial charge in [-0.3, -0.25) is 10.1 Å². The molecule has 3 amide bonds. The van der Waals surface area contributed by atoms with Crippen LogP contribution in [-0.4, -0.2) is 16.9 Å². The summed E-state index contributed by atoms with van der Waals surface area (Å²) in [5, 5.41) is 10.4. The number of urea groups is 1. The van der Waals surface area contributed by atoms with Crippen LogP contribution in [-0.2, 0) is 11.2 Å². The highest BCUT2D eigenvalue weighted by Crippen LogP contribution is 2.17. The lowest BCUT2D eigenvalue weighted by Gasteiger charge is -2.05. The molecule has 3 rings (SSSR count). The van der Waals surface area contributed by atoms with Crippen molar-refractivity contribution in [1.82, 2.24) is 4.98 Å². The minimum absolute atomic E-state index is 0.145. The highest BCUT2D eigenvalue weighted by molar-refractivity contribution is 7.14. The van der Waals surface area contributed by atoms with Crippen LogP contribution in [0.3, 0.4) is 0 Å². The summed E-state index contributed by atoms with van der Waals surface area (Å²) >= 11 is 1.28. The van der Waals surface area contributed by atoms with Gasteiger partial charge in [-0.05, 0) is 36.8 Å². The zero-order valence-electron chi connectivity index (χ0n) is 14.2. The van der Waals surface area contributed by atoms with Gasteiger partial charge >= 0.3 is 6.03 Å². The van der Waals surface area contributed by atoms with E-state index >= 15 is 0 Å². The van der Waals surface area contributed by atoms with Crippen molar-refractivity contribution in [3.63, 3.8) is 0 Å². The number of hydrogen-bond donors (Lipinski definition) is 3. The van der Waals surface area contributed by atoms with Crippen LogP contribution in [0, 0.1) is 6.92 Å². The third-order valence-electron chi connectivity index (χ3n) is 3.45. The number of amides is 3. The Bertz CT molecular complexity index is 909. The number of hydrogen-bond acceptors (Lipinski definition) is 4. The summed E-state index contributed by atoms with van der Waals surface area (Å²) in [5.41, 5.74) is 3.13. The van der Waals surface area contributed by atoms with Gasteiger partial charge in [-0.2, -0.15) is 0 Å². The molecule has 6 nitrogen and oxygen atoms in total. The minimum atomic E-state index is -0.374. The van der Waals surface area contributed by atoms with Crippen molar-refractivity contribution < 1.29 is 9.59 Å². The zero-order valence-corrected chi connectivity index (χ0v) is 15.0. The molecule has 1 aromatic heterocycles. The first-order valence-electron chi connectivity index (χ1n) is 8.02. The fourth-order valence-electron chi connectivity index (χ4n) is 2.32. The molecule has 0 aliphatic rings. The first-order valence-corrected chi connectivity index (χ1v) is 8.90. The number of carbonyl (C=O) groups is 2. The Balaban J connectivity index is 1.52. The second kappa shape index (κ2) is 8.26. The minimum Gasteiger partial charge on any atom is -0.326 e. The molecule has 3 aromatic rings. The Hall–Kier alpha value is -3.19. The molecule has 3 N–H and O–H groups in total. The molecule has 7 heteroatoms. The van der Waals surface area contributed by atoms with Crippen LogP contribution < -0.4 is 16.0 Å². The lowest BCUT2D eigenvalue weighted by atomic mass is 10.2. The SMILES string of the molecule is Cc1cccc(NC(=O)Cc2csc(NC(=O)Nc3ccccc3)n2)c1. The number of aryl methyl sites for hydroxylation is 1. The molecule has 0 radical (unpaired) electrons. The fourth-order valence-corrected chi connectivity index (χ4v) is 3.02. The summed E-state index contributed by atoms with van der Waals surface area (Å²) in [6, 6.07) is 16.4. The van der Waals surface area contributed by atoms with Crippen LogP contribution in [0.5, 0.6) is 0 Å². The molecule has 0 aliphatic carbocycles. The first-order chi connectivity index (χ1) is 12.6. The van der Waals surface area contributed by atoms with E-state index < -0.39 is 0 Å². The van der Waals surface area contributed by atoms with Crippen molar-refractivity contribution in [3.05, 3.63) is 71.2 Å². The highest BCUT2D eigenvalue weighted by Gasteiger charge is 2.10. The fraction of sp³-hybridized carbons (Fsp3) is 0.105. The monoisotopic (exact) mass is 366 g/mol. The molecular weight excluding hydrogens is 348 g/mol. The van der Waals surface area contributed by atoms with Gasteiger partial charge < -0.3 is 10.6 Å². The van der Waals surface area contributed by atoms with Crippen molar-refractivity contribution in [2.24, 2.45) is 0 Å². The van der Waals surface area contributed by atoms with Gasteiger partial charge in [0.15, 0.2) is 5.13 Å². The summed E-state index contributed by atoms with van der Waals surface area (Å²) < 4.78 is 0. The maximum Gasteiger partial charge on any atom is 0.325 e. The number of para-hydroxylation sites is 1. The maximum absolute atomic E-state index is 12.1. The van der Waals surface area contributed by atoms with E-state index in [-0.39, 0.29) is 18.4 Å². The molecular formula is C19H18N4O2S. The van der Waals surface area contributed by atoms with Crippen molar-refractivity contribution in [3.8, 4) is 0 Å². The summed E-state index contributed by atoms with van der Waals surface area (Å²) in [4.78, 5) is 28.3. The molecule has 0 bridgehead atoms. The highest BCUT2D eigenvalue weighted by atomic mass is 32.1. The second-order valence-corrected chi connectivity index (χ2v) is 6.54. The number of carbonyl (C=O) groups excluding carboxylic acids is 2. The average Bonchev–Trinajstić information content (AvgIpc) is 3.02. The van der Waals surface area contributed by atoms with Crippen LogP contribution in [0.4, 0.5) is 21.3 Å². The van der Waals surface area contributed by atoms with E-state index in [1.807, 2.05) is 49.4 Å². The van der Waals surface area contributed by atoms with Gasteiger partial charge in [-0.15, -0.1) is 11.3 Å². The Morgan fingerprint density at radius 3 is 2.50 bits per heavy atom. The van der Waals surface area contributed by atoms with Gasteiger partial charge in [-0.25, -0.2) is 9.78 Å². The van der Waals surface area contributed by atoms with Crippen LogP contribution >= 0.6 is 11.3 Å². The molecule has 0 saturated carbocycles. The van der Waals surface area contributed by atoms with Crippen LogP contribution in [0.1, 0.15) is 11.3 Å². The largest absolute Gasteiger partial charge is 0.326 e. The van der Waals surface area contributed by atoms with Crippen molar-refractivity contribution in [2.75, 3.05) is 16.0 Å². The zero-order chi connectivity index (χ0) is 18.4. The van der Waals surface area contributed by atoms with E-state index in [4.69, 9.17) is 0 Å². The molecule has 0 saturated heterocycles. The molecule has 1 heterocycles. The molecule has 132 valence electrons. The number of aromatic nitrogens is 1. The molecule has 0 aliphatic heterocycles. The van der Waals surface area contributed by atoms with Gasteiger partial charge in [0.05, 0.1) is 12.1 Å². The Kier molecular flexibility index (Phi) is 5.60. The smallest absolute Gasteiger partial charge is 0.325 e. The van der Waals surface area contributed by atoms with Gasteiger partial charge in [-0.1, -0.05) is 30.3 Å². The lowest BCUT2D eigenvalue weighted by Crippen LogP contribution is -2.19. The Labute approximate surface area is 155 Å². The third-order valence-corrected chi connectivity index (χ3v) is 4.25. The first kappa shape index (κ1) is 17.6. The van der Waals surface area contributed by atoms with E-state index in [9.17, 15) is 9.59 Å². The van der Waals surface area contributed by atoms with Crippen LogP contribution in [0.15, 0.2) is 60.0 Å². The maximum atomic E-state index is 12.1. The summed E-state index contributed by atoms with van der Waals surface area (Å²) in [7, 11) is 0. The van der Waals surface area contributed by atoms with Gasteiger partial charge in [0.25, 0.3) is 0 Å². The predicted octanol–water partition coefficient (Wildman–Crippen LogP) is 4.28. The number of benzene rings is 2.